The van der Waals surface area contributed by atoms with Crippen LogP contribution in [0, 0.1) is 5.82 Å². The number of nitrogens with zero attached hydrogens (tertiary/aromatic N) is 1. The average Bonchev–Trinajstić information content (AvgIpc) is 3.05. The molecule has 0 bridgehead atoms. The van der Waals surface area contributed by atoms with Crippen LogP contribution >= 0.6 is 11.6 Å². The lowest BCUT2D eigenvalue weighted by atomic mass is 9.96. The molecule has 1 aromatic rings. The quantitative estimate of drug-likeness (QED) is 0.665. The highest BCUT2D eigenvalue weighted by Crippen LogP contribution is 2.50. The third-order valence-corrected chi connectivity index (χ3v) is 3.72. The van der Waals surface area contributed by atoms with Gasteiger partial charge in [-0.2, -0.15) is 0 Å². The van der Waals surface area contributed by atoms with Crippen molar-refractivity contribution in [3.63, 3.8) is 0 Å². The van der Waals surface area contributed by atoms with Gasteiger partial charge >= 0.3 is 0 Å². The lowest BCUT2D eigenvalue weighted by molar-refractivity contribution is 0.507. The number of guanidine groups is 1. The zero-order valence-electron chi connectivity index (χ0n) is 12.1. The molecule has 0 atom stereocenters. The van der Waals surface area contributed by atoms with Gasteiger partial charge in [0.05, 0.1) is 6.54 Å². The number of hydrogen-bond acceptors (Lipinski definition) is 1. The van der Waals surface area contributed by atoms with E-state index in [1.54, 1.807) is 6.07 Å². The molecule has 0 aromatic heterocycles. The van der Waals surface area contributed by atoms with E-state index in [0.717, 1.165) is 18.4 Å². The SMILES string of the molecule is CC(C)(C)NC(N)=NCC1(c2ccc(F)cc2Cl)CC1. The molecule has 0 unspecified atom stereocenters. The molecule has 20 heavy (non-hydrogen) atoms. The van der Waals surface area contributed by atoms with Gasteiger partial charge in [0.1, 0.15) is 5.82 Å². The summed E-state index contributed by atoms with van der Waals surface area (Å²) in [4.78, 5) is 4.41. The standard InChI is InChI=1S/C15H21ClFN3/c1-14(2,3)20-13(18)19-9-15(6-7-15)11-5-4-10(17)8-12(11)16/h4-5,8H,6-7,9H2,1-3H3,(H3,18,19,20). The van der Waals surface area contributed by atoms with Gasteiger partial charge in [-0.05, 0) is 51.3 Å². The Morgan fingerprint density at radius 3 is 2.60 bits per heavy atom. The first kappa shape index (κ1) is 15.1. The zero-order valence-corrected chi connectivity index (χ0v) is 12.9. The maximum Gasteiger partial charge on any atom is 0.189 e. The van der Waals surface area contributed by atoms with Crippen molar-refractivity contribution in [2.75, 3.05) is 6.54 Å². The number of benzene rings is 1. The minimum atomic E-state index is -0.313. The molecule has 2 rings (SSSR count). The van der Waals surface area contributed by atoms with E-state index in [1.807, 2.05) is 20.8 Å². The van der Waals surface area contributed by atoms with E-state index in [4.69, 9.17) is 17.3 Å². The van der Waals surface area contributed by atoms with Crippen LogP contribution in [0.3, 0.4) is 0 Å². The average molecular weight is 298 g/mol. The number of nitrogens with one attached hydrogen (secondary N) is 1. The largest absolute Gasteiger partial charge is 0.370 e. The lowest BCUT2D eigenvalue weighted by Gasteiger charge is -2.22. The molecular weight excluding hydrogens is 277 g/mol. The minimum Gasteiger partial charge on any atom is -0.370 e. The smallest absolute Gasteiger partial charge is 0.189 e. The van der Waals surface area contributed by atoms with Crippen molar-refractivity contribution in [1.29, 1.82) is 0 Å². The van der Waals surface area contributed by atoms with Crippen LogP contribution in [0.15, 0.2) is 23.2 Å². The van der Waals surface area contributed by atoms with E-state index in [9.17, 15) is 4.39 Å². The van der Waals surface area contributed by atoms with Crippen LogP contribution in [0.5, 0.6) is 0 Å². The highest BCUT2D eigenvalue weighted by Gasteiger charge is 2.45. The Morgan fingerprint density at radius 1 is 1.45 bits per heavy atom. The number of hydrogen-bond donors (Lipinski definition) is 2. The summed E-state index contributed by atoms with van der Waals surface area (Å²) in [6, 6.07) is 4.56. The van der Waals surface area contributed by atoms with Crippen molar-refractivity contribution in [2.45, 2.75) is 44.6 Å². The topological polar surface area (TPSA) is 50.4 Å². The molecular formula is C15H21ClFN3. The van der Waals surface area contributed by atoms with Crippen molar-refractivity contribution in [2.24, 2.45) is 10.7 Å². The number of aliphatic imine (C=N–C) groups is 1. The molecule has 1 aliphatic carbocycles. The molecule has 0 aliphatic heterocycles. The summed E-state index contributed by atoms with van der Waals surface area (Å²) in [5.74, 6) is 0.119. The Bertz CT molecular complexity index is 530. The van der Waals surface area contributed by atoms with Crippen LogP contribution in [0.25, 0.3) is 0 Å². The molecule has 0 spiro atoms. The lowest BCUT2D eigenvalue weighted by Crippen LogP contribution is -2.45. The van der Waals surface area contributed by atoms with Gasteiger partial charge in [0, 0.05) is 16.0 Å². The van der Waals surface area contributed by atoms with E-state index < -0.39 is 0 Å². The van der Waals surface area contributed by atoms with E-state index in [0.29, 0.717) is 17.5 Å². The normalized spacial score (nSPS) is 17.9. The second-order valence-electron chi connectivity index (χ2n) is 6.48. The van der Waals surface area contributed by atoms with Crippen LogP contribution < -0.4 is 11.1 Å². The molecule has 1 fully saturated rings. The molecule has 0 amide bonds. The summed E-state index contributed by atoms with van der Waals surface area (Å²) in [5, 5.41) is 3.60. The Kier molecular flexibility index (Phi) is 3.96. The van der Waals surface area contributed by atoms with E-state index in [-0.39, 0.29) is 16.8 Å². The summed E-state index contributed by atoms with van der Waals surface area (Å²) in [6.45, 7) is 6.66. The van der Waals surface area contributed by atoms with E-state index in [2.05, 4.69) is 10.3 Å². The molecule has 3 N–H and O–H groups in total. The van der Waals surface area contributed by atoms with Gasteiger partial charge in [-0.15, -0.1) is 0 Å². The summed E-state index contributed by atoms with van der Waals surface area (Å²) < 4.78 is 13.1. The van der Waals surface area contributed by atoms with Gasteiger partial charge in [0.15, 0.2) is 5.96 Å². The van der Waals surface area contributed by atoms with Crippen LogP contribution in [0.2, 0.25) is 5.02 Å². The monoisotopic (exact) mass is 297 g/mol. The molecule has 0 heterocycles. The first-order valence-corrected chi connectivity index (χ1v) is 7.13. The Balaban J connectivity index is 2.11. The van der Waals surface area contributed by atoms with Gasteiger partial charge in [-0.3, -0.25) is 4.99 Å². The number of nitrogens with two attached hydrogens (primary N) is 1. The first-order valence-electron chi connectivity index (χ1n) is 6.76. The van der Waals surface area contributed by atoms with Crippen molar-refractivity contribution >= 4 is 17.6 Å². The molecule has 1 saturated carbocycles. The van der Waals surface area contributed by atoms with Crippen molar-refractivity contribution in [3.05, 3.63) is 34.6 Å². The van der Waals surface area contributed by atoms with Crippen molar-refractivity contribution in [1.82, 2.24) is 5.32 Å². The predicted molar refractivity (Wildman–Crippen MR) is 81.7 cm³/mol. The maximum atomic E-state index is 13.1. The predicted octanol–water partition coefficient (Wildman–Crippen LogP) is 3.21. The second kappa shape index (κ2) is 5.24. The number of rotatable bonds is 3. The second-order valence-corrected chi connectivity index (χ2v) is 6.89. The van der Waals surface area contributed by atoms with Crippen LogP contribution in [-0.2, 0) is 5.41 Å². The highest BCUT2D eigenvalue weighted by atomic mass is 35.5. The Hall–Kier alpha value is -1.29. The highest BCUT2D eigenvalue weighted by molar-refractivity contribution is 6.31. The minimum absolute atomic E-state index is 0.0744. The summed E-state index contributed by atoms with van der Waals surface area (Å²) in [6.07, 6.45) is 2.01. The van der Waals surface area contributed by atoms with E-state index in [1.165, 1.54) is 12.1 Å². The van der Waals surface area contributed by atoms with Gasteiger partial charge in [0.25, 0.3) is 0 Å². The molecule has 0 saturated heterocycles. The third-order valence-electron chi connectivity index (χ3n) is 3.41. The summed E-state index contributed by atoms with van der Waals surface area (Å²) >= 11 is 6.14. The molecule has 1 aliphatic rings. The third kappa shape index (κ3) is 3.63. The summed E-state index contributed by atoms with van der Waals surface area (Å²) in [5.41, 5.74) is 6.66. The van der Waals surface area contributed by atoms with Gasteiger partial charge < -0.3 is 11.1 Å². The Morgan fingerprint density at radius 2 is 2.10 bits per heavy atom. The molecule has 1 aromatic carbocycles. The fourth-order valence-corrected chi connectivity index (χ4v) is 2.61. The van der Waals surface area contributed by atoms with Crippen LogP contribution in [0.1, 0.15) is 39.2 Å². The van der Waals surface area contributed by atoms with Gasteiger partial charge in [0.2, 0.25) is 0 Å². The summed E-state index contributed by atoms with van der Waals surface area (Å²) in [7, 11) is 0. The maximum absolute atomic E-state index is 13.1. The first-order chi connectivity index (χ1) is 9.22. The van der Waals surface area contributed by atoms with E-state index >= 15 is 0 Å². The van der Waals surface area contributed by atoms with Crippen molar-refractivity contribution < 1.29 is 4.39 Å². The zero-order chi connectivity index (χ0) is 15.0. The van der Waals surface area contributed by atoms with Gasteiger partial charge in [-0.1, -0.05) is 17.7 Å². The molecule has 3 nitrogen and oxygen atoms in total. The number of halogens is 2. The Labute approximate surface area is 124 Å². The molecule has 5 heteroatoms. The van der Waals surface area contributed by atoms with Crippen LogP contribution in [-0.4, -0.2) is 18.0 Å². The van der Waals surface area contributed by atoms with Crippen molar-refractivity contribution in [3.8, 4) is 0 Å². The molecule has 110 valence electrons. The fourth-order valence-electron chi connectivity index (χ4n) is 2.24. The van der Waals surface area contributed by atoms with Gasteiger partial charge in [-0.25, -0.2) is 4.39 Å². The van der Waals surface area contributed by atoms with Crippen LogP contribution in [0.4, 0.5) is 4.39 Å². The molecule has 0 radical (unpaired) electrons. The fraction of sp³-hybridized carbons (Fsp3) is 0.533.